The highest BCUT2D eigenvalue weighted by atomic mass is 35.5. The van der Waals surface area contributed by atoms with Gasteiger partial charge in [-0.1, -0.05) is 34.9 Å². The minimum absolute atomic E-state index is 0.440. The van der Waals surface area contributed by atoms with Crippen LogP contribution in [-0.4, -0.2) is 27.3 Å². The molecule has 3 aromatic rings. The molecule has 0 saturated heterocycles. The second kappa shape index (κ2) is 8.53. The molecule has 1 heterocycles. The summed E-state index contributed by atoms with van der Waals surface area (Å²) in [5, 5.41) is 15.9. The van der Waals surface area contributed by atoms with Gasteiger partial charge >= 0.3 is 0 Å². The van der Waals surface area contributed by atoms with E-state index in [9.17, 15) is 0 Å². The maximum absolute atomic E-state index is 5.90. The van der Waals surface area contributed by atoms with Crippen LogP contribution >= 0.6 is 11.6 Å². The average Bonchev–Trinajstić information content (AvgIpc) is 3.14. The fraction of sp³-hybridized carbons (Fsp3) is 0.278. The van der Waals surface area contributed by atoms with Crippen LogP contribution in [0.4, 0.5) is 5.95 Å². The van der Waals surface area contributed by atoms with E-state index in [1.165, 1.54) is 4.80 Å². The van der Waals surface area contributed by atoms with Crippen molar-refractivity contribution in [1.29, 1.82) is 0 Å². The molecule has 0 radical (unpaired) electrons. The minimum atomic E-state index is 0.440. The number of ether oxygens (including phenoxy) is 2. The van der Waals surface area contributed by atoms with E-state index in [0.717, 1.165) is 11.1 Å². The number of aromatic nitrogens is 4. The van der Waals surface area contributed by atoms with Gasteiger partial charge in [0.1, 0.15) is 6.61 Å². The lowest BCUT2D eigenvalue weighted by molar-refractivity contribution is 0.284. The van der Waals surface area contributed by atoms with Crippen molar-refractivity contribution in [2.75, 3.05) is 12.4 Å². The average molecular weight is 374 g/mol. The van der Waals surface area contributed by atoms with Crippen LogP contribution < -0.4 is 14.8 Å². The van der Waals surface area contributed by atoms with Crippen molar-refractivity contribution in [3.05, 3.63) is 58.6 Å². The van der Waals surface area contributed by atoms with Crippen LogP contribution in [0.15, 0.2) is 42.5 Å². The third-order valence-electron chi connectivity index (χ3n) is 3.72. The zero-order chi connectivity index (χ0) is 18.4. The lowest BCUT2D eigenvalue weighted by atomic mass is 10.2. The van der Waals surface area contributed by atoms with Crippen LogP contribution in [0.2, 0.25) is 5.02 Å². The zero-order valence-electron chi connectivity index (χ0n) is 14.6. The minimum Gasteiger partial charge on any atom is -0.493 e. The summed E-state index contributed by atoms with van der Waals surface area (Å²) < 4.78 is 11.3. The Kier molecular flexibility index (Phi) is 5.91. The maximum Gasteiger partial charge on any atom is 0.263 e. The zero-order valence-corrected chi connectivity index (χ0v) is 15.4. The van der Waals surface area contributed by atoms with Crippen LogP contribution in [-0.2, 0) is 19.7 Å². The number of benzene rings is 2. The molecule has 136 valence electrons. The van der Waals surface area contributed by atoms with Crippen LogP contribution in [0.1, 0.15) is 18.1 Å². The Labute approximate surface area is 156 Å². The highest BCUT2D eigenvalue weighted by molar-refractivity contribution is 6.30. The number of tetrazole rings is 1. The monoisotopic (exact) mass is 373 g/mol. The molecule has 1 N–H and O–H groups in total. The van der Waals surface area contributed by atoms with Crippen molar-refractivity contribution in [2.45, 2.75) is 26.6 Å². The quantitative estimate of drug-likeness (QED) is 0.651. The topological polar surface area (TPSA) is 74.1 Å². The standard InChI is InChI=1S/C18H20ClN5O2/c1-3-24-22-18(21-23-24)20-11-14-6-9-16(17(10-14)25-2)26-12-13-4-7-15(19)8-5-13/h4-10H,3,11-12H2,1-2H3,(H,20,22). The van der Waals surface area contributed by atoms with E-state index in [1.807, 2.05) is 49.4 Å². The van der Waals surface area contributed by atoms with E-state index in [0.29, 0.717) is 42.2 Å². The number of hydrogen-bond donors (Lipinski definition) is 1. The fourth-order valence-electron chi connectivity index (χ4n) is 2.31. The molecule has 8 heteroatoms. The summed E-state index contributed by atoms with van der Waals surface area (Å²) in [5.41, 5.74) is 2.06. The van der Waals surface area contributed by atoms with Gasteiger partial charge in [-0.15, -0.1) is 5.10 Å². The second-order valence-corrected chi connectivity index (χ2v) is 5.99. The highest BCUT2D eigenvalue weighted by Gasteiger charge is 2.08. The molecule has 0 saturated carbocycles. The van der Waals surface area contributed by atoms with E-state index in [-0.39, 0.29) is 0 Å². The summed E-state index contributed by atoms with van der Waals surface area (Å²) >= 11 is 5.90. The number of anilines is 1. The lowest BCUT2D eigenvalue weighted by Gasteiger charge is -2.12. The third-order valence-corrected chi connectivity index (χ3v) is 3.97. The number of aryl methyl sites for hydroxylation is 1. The smallest absolute Gasteiger partial charge is 0.263 e. The maximum atomic E-state index is 5.90. The number of nitrogens with zero attached hydrogens (tertiary/aromatic N) is 4. The van der Waals surface area contributed by atoms with Gasteiger partial charge in [0, 0.05) is 11.6 Å². The summed E-state index contributed by atoms with van der Waals surface area (Å²) in [7, 11) is 1.62. The van der Waals surface area contributed by atoms with Crippen molar-refractivity contribution >= 4 is 17.5 Å². The molecular weight excluding hydrogens is 354 g/mol. The van der Waals surface area contributed by atoms with Crippen molar-refractivity contribution < 1.29 is 9.47 Å². The second-order valence-electron chi connectivity index (χ2n) is 5.56. The van der Waals surface area contributed by atoms with Crippen LogP contribution in [0.5, 0.6) is 11.5 Å². The summed E-state index contributed by atoms with van der Waals surface area (Å²) in [4.78, 5) is 1.52. The van der Waals surface area contributed by atoms with Crippen molar-refractivity contribution in [1.82, 2.24) is 20.2 Å². The number of halogens is 1. The molecule has 7 nitrogen and oxygen atoms in total. The molecule has 2 aromatic carbocycles. The molecule has 1 aromatic heterocycles. The SMILES string of the molecule is CCn1nnc(NCc2ccc(OCc3ccc(Cl)cc3)c(OC)c2)n1. The van der Waals surface area contributed by atoms with Gasteiger partial charge in [-0.25, -0.2) is 0 Å². The van der Waals surface area contributed by atoms with Gasteiger partial charge in [-0.2, -0.15) is 4.80 Å². The number of rotatable bonds is 8. The molecule has 0 fully saturated rings. The molecule has 0 unspecified atom stereocenters. The van der Waals surface area contributed by atoms with E-state index in [1.54, 1.807) is 7.11 Å². The van der Waals surface area contributed by atoms with Gasteiger partial charge in [-0.05, 0) is 47.5 Å². The van der Waals surface area contributed by atoms with E-state index in [4.69, 9.17) is 21.1 Å². The third kappa shape index (κ3) is 4.64. The molecule has 0 amide bonds. The van der Waals surface area contributed by atoms with Gasteiger partial charge in [0.15, 0.2) is 11.5 Å². The Morgan fingerprint density at radius 2 is 1.85 bits per heavy atom. The number of hydrogen-bond acceptors (Lipinski definition) is 6. The van der Waals surface area contributed by atoms with Crippen LogP contribution in [0.3, 0.4) is 0 Å². The molecular formula is C18H20ClN5O2. The Hall–Kier alpha value is -2.80. The summed E-state index contributed by atoms with van der Waals surface area (Å²) in [5.74, 6) is 1.85. The highest BCUT2D eigenvalue weighted by Crippen LogP contribution is 2.29. The lowest BCUT2D eigenvalue weighted by Crippen LogP contribution is -2.04. The Morgan fingerprint density at radius 3 is 2.54 bits per heavy atom. The van der Waals surface area contributed by atoms with E-state index >= 15 is 0 Å². The van der Waals surface area contributed by atoms with Gasteiger partial charge in [0.05, 0.1) is 13.7 Å². The summed E-state index contributed by atoms with van der Waals surface area (Å²) in [6.45, 7) is 3.64. The van der Waals surface area contributed by atoms with Crippen molar-refractivity contribution in [2.24, 2.45) is 0 Å². The van der Waals surface area contributed by atoms with Gasteiger partial charge in [0.2, 0.25) is 0 Å². The molecule has 0 atom stereocenters. The number of nitrogens with one attached hydrogen (secondary N) is 1. The van der Waals surface area contributed by atoms with Crippen LogP contribution in [0.25, 0.3) is 0 Å². The van der Waals surface area contributed by atoms with E-state index in [2.05, 4.69) is 20.7 Å². The first kappa shape index (κ1) is 18.0. The van der Waals surface area contributed by atoms with Gasteiger partial charge in [0.25, 0.3) is 5.95 Å². The largest absolute Gasteiger partial charge is 0.493 e. The first-order valence-electron chi connectivity index (χ1n) is 8.23. The Balaban J connectivity index is 1.62. The fourth-order valence-corrected chi connectivity index (χ4v) is 2.44. The predicted octanol–water partition coefficient (Wildman–Crippen LogP) is 3.55. The Bertz CT molecular complexity index is 851. The van der Waals surface area contributed by atoms with Crippen LogP contribution in [0, 0.1) is 0 Å². The molecule has 0 aliphatic carbocycles. The van der Waals surface area contributed by atoms with Gasteiger partial charge < -0.3 is 14.8 Å². The van der Waals surface area contributed by atoms with E-state index < -0.39 is 0 Å². The van der Waals surface area contributed by atoms with Crippen molar-refractivity contribution in [3.63, 3.8) is 0 Å². The first-order chi connectivity index (χ1) is 12.7. The normalized spacial score (nSPS) is 10.6. The first-order valence-corrected chi connectivity index (χ1v) is 8.61. The molecule has 0 bridgehead atoms. The Morgan fingerprint density at radius 1 is 1.08 bits per heavy atom. The van der Waals surface area contributed by atoms with Gasteiger partial charge in [-0.3, -0.25) is 0 Å². The molecule has 0 spiro atoms. The molecule has 26 heavy (non-hydrogen) atoms. The van der Waals surface area contributed by atoms with Crippen molar-refractivity contribution in [3.8, 4) is 11.5 Å². The molecule has 0 aliphatic rings. The number of methoxy groups -OCH3 is 1. The summed E-state index contributed by atoms with van der Waals surface area (Å²) in [6, 6.07) is 13.3. The molecule has 0 aliphatic heterocycles. The molecule has 3 rings (SSSR count). The summed E-state index contributed by atoms with van der Waals surface area (Å²) in [6.07, 6.45) is 0. The predicted molar refractivity (Wildman–Crippen MR) is 99.6 cm³/mol.